The molecule has 1 saturated carbocycles. The lowest BCUT2D eigenvalue weighted by atomic mass is 9.75. The van der Waals surface area contributed by atoms with Crippen LogP contribution in [-0.4, -0.2) is 51.3 Å². The van der Waals surface area contributed by atoms with Crippen LogP contribution < -0.4 is 5.73 Å². The van der Waals surface area contributed by atoms with Crippen LogP contribution in [0.1, 0.15) is 39.0 Å². The summed E-state index contributed by atoms with van der Waals surface area (Å²) < 4.78 is 31.0. The number of nitrogens with two attached hydrogens (primary N) is 1. The quantitative estimate of drug-likeness (QED) is 0.765. The molecule has 0 unspecified atom stereocenters. The van der Waals surface area contributed by atoms with E-state index in [1.54, 1.807) is 7.05 Å². The van der Waals surface area contributed by atoms with Crippen LogP contribution in [0.5, 0.6) is 0 Å². The number of nitrogens with zero attached hydrogens (tertiary/aromatic N) is 1. The summed E-state index contributed by atoms with van der Waals surface area (Å²) in [7, 11) is -0.103. The molecule has 0 atom stereocenters. The van der Waals surface area contributed by atoms with Gasteiger partial charge in [-0.15, -0.1) is 0 Å². The van der Waals surface area contributed by atoms with Gasteiger partial charge >= 0.3 is 0 Å². The van der Waals surface area contributed by atoms with Crippen molar-refractivity contribution >= 4 is 10.0 Å². The minimum atomic E-state index is -3.29. The molecule has 0 aliphatic heterocycles. The van der Waals surface area contributed by atoms with Crippen molar-refractivity contribution in [3.8, 4) is 0 Å². The summed E-state index contributed by atoms with van der Waals surface area (Å²) in [5, 5.41) is 0. The molecule has 0 aromatic rings. The van der Waals surface area contributed by atoms with Gasteiger partial charge in [-0.3, -0.25) is 0 Å². The number of hydrogen-bond acceptors (Lipinski definition) is 4. The van der Waals surface area contributed by atoms with Gasteiger partial charge in [0.05, 0.1) is 12.4 Å². The highest BCUT2D eigenvalue weighted by molar-refractivity contribution is 7.89. The summed E-state index contributed by atoms with van der Waals surface area (Å²) in [4.78, 5) is 0. The molecule has 0 radical (unpaired) electrons. The van der Waals surface area contributed by atoms with Crippen LogP contribution >= 0.6 is 0 Å². The van der Waals surface area contributed by atoms with Crippen molar-refractivity contribution in [1.29, 1.82) is 0 Å². The van der Waals surface area contributed by atoms with Gasteiger partial charge < -0.3 is 10.5 Å². The Morgan fingerprint density at radius 2 is 1.95 bits per heavy atom. The smallest absolute Gasteiger partial charge is 0.216 e. The fourth-order valence-electron chi connectivity index (χ4n) is 2.89. The van der Waals surface area contributed by atoms with Gasteiger partial charge in [0.2, 0.25) is 10.0 Å². The molecule has 0 bridgehead atoms. The van der Waals surface area contributed by atoms with Crippen LogP contribution in [-0.2, 0) is 14.8 Å². The fourth-order valence-corrected chi connectivity index (χ4v) is 4.39. The van der Waals surface area contributed by atoms with Crippen LogP contribution in [0.15, 0.2) is 0 Å². The third-order valence-corrected chi connectivity index (χ3v) is 6.53. The summed E-state index contributed by atoms with van der Waals surface area (Å²) in [5.74, 6) is 0.744. The van der Waals surface area contributed by atoms with Crippen LogP contribution in [0, 0.1) is 5.92 Å². The Morgan fingerprint density at radius 1 is 1.37 bits per heavy atom. The standard InChI is InChI=1S/C13H28N2O3S/c1-4-12-5-7-13(11-14,8-6-12)15(2)19(16,17)10-9-18-3/h12H,4-11,14H2,1-3H3. The molecule has 5 nitrogen and oxygen atoms in total. The molecule has 2 N–H and O–H groups in total. The van der Waals surface area contributed by atoms with Crippen molar-refractivity contribution < 1.29 is 13.2 Å². The second-order valence-electron chi connectivity index (χ2n) is 5.56. The van der Waals surface area contributed by atoms with E-state index in [4.69, 9.17) is 10.5 Å². The maximum absolute atomic E-state index is 12.3. The molecular formula is C13H28N2O3S. The van der Waals surface area contributed by atoms with E-state index in [-0.39, 0.29) is 12.4 Å². The van der Waals surface area contributed by atoms with E-state index < -0.39 is 15.6 Å². The van der Waals surface area contributed by atoms with E-state index >= 15 is 0 Å². The lowest BCUT2D eigenvalue weighted by Crippen LogP contribution is -2.56. The zero-order valence-corrected chi connectivity index (χ0v) is 13.2. The van der Waals surface area contributed by atoms with Crippen LogP contribution in [0.25, 0.3) is 0 Å². The summed E-state index contributed by atoms with van der Waals surface area (Å²) >= 11 is 0. The number of rotatable bonds is 7. The van der Waals surface area contributed by atoms with Crippen molar-refractivity contribution in [3.63, 3.8) is 0 Å². The molecule has 1 aliphatic carbocycles. The van der Waals surface area contributed by atoms with E-state index in [9.17, 15) is 8.42 Å². The first-order chi connectivity index (χ1) is 8.91. The molecule has 0 aromatic heterocycles. The number of ether oxygens (including phenoxy) is 1. The van der Waals surface area contributed by atoms with Gasteiger partial charge in [-0.25, -0.2) is 8.42 Å². The molecule has 0 spiro atoms. The summed E-state index contributed by atoms with van der Waals surface area (Å²) in [6.07, 6.45) is 5.03. The second kappa shape index (κ2) is 7.02. The Morgan fingerprint density at radius 3 is 2.37 bits per heavy atom. The van der Waals surface area contributed by atoms with Gasteiger partial charge in [0.25, 0.3) is 0 Å². The molecule has 1 rings (SSSR count). The maximum Gasteiger partial charge on any atom is 0.216 e. The van der Waals surface area contributed by atoms with Crippen molar-refractivity contribution in [2.45, 2.75) is 44.6 Å². The van der Waals surface area contributed by atoms with Crippen molar-refractivity contribution in [3.05, 3.63) is 0 Å². The van der Waals surface area contributed by atoms with E-state index in [1.165, 1.54) is 17.8 Å². The average Bonchev–Trinajstić information content (AvgIpc) is 2.44. The second-order valence-corrected chi connectivity index (χ2v) is 7.68. The van der Waals surface area contributed by atoms with Crippen molar-refractivity contribution in [2.75, 3.05) is 33.1 Å². The number of sulfonamides is 1. The number of hydrogen-bond donors (Lipinski definition) is 1. The predicted molar refractivity (Wildman–Crippen MR) is 77.5 cm³/mol. The van der Waals surface area contributed by atoms with E-state index in [0.29, 0.717) is 6.54 Å². The van der Waals surface area contributed by atoms with Gasteiger partial charge in [-0.05, 0) is 31.6 Å². The Balaban J connectivity index is 2.79. The average molecular weight is 292 g/mol. The van der Waals surface area contributed by atoms with Gasteiger partial charge in [0.15, 0.2) is 0 Å². The van der Waals surface area contributed by atoms with Gasteiger partial charge in [0.1, 0.15) is 0 Å². The first-order valence-corrected chi connectivity index (χ1v) is 8.68. The van der Waals surface area contributed by atoms with Crippen molar-refractivity contribution in [1.82, 2.24) is 4.31 Å². The van der Waals surface area contributed by atoms with Crippen molar-refractivity contribution in [2.24, 2.45) is 11.7 Å². The SMILES string of the molecule is CCC1CCC(CN)(N(C)S(=O)(=O)CCOC)CC1. The Bertz CT molecular complexity index is 362. The first-order valence-electron chi connectivity index (χ1n) is 7.07. The Kier molecular flexibility index (Phi) is 6.23. The summed E-state index contributed by atoms with van der Waals surface area (Å²) in [6.45, 7) is 2.82. The third kappa shape index (κ3) is 3.90. The third-order valence-electron chi connectivity index (χ3n) is 4.62. The lowest BCUT2D eigenvalue weighted by Gasteiger charge is -2.45. The topological polar surface area (TPSA) is 72.6 Å². The molecule has 0 amide bonds. The number of methoxy groups -OCH3 is 1. The van der Waals surface area contributed by atoms with Crippen LogP contribution in [0.2, 0.25) is 0 Å². The molecule has 1 fully saturated rings. The molecule has 6 heteroatoms. The Hall–Kier alpha value is -0.170. The molecule has 19 heavy (non-hydrogen) atoms. The molecular weight excluding hydrogens is 264 g/mol. The minimum absolute atomic E-state index is 0.0267. The van der Waals surface area contributed by atoms with E-state index in [2.05, 4.69) is 6.92 Å². The zero-order valence-electron chi connectivity index (χ0n) is 12.4. The highest BCUT2D eigenvalue weighted by Gasteiger charge is 2.42. The highest BCUT2D eigenvalue weighted by Crippen LogP contribution is 2.37. The van der Waals surface area contributed by atoms with Gasteiger partial charge in [-0.2, -0.15) is 4.31 Å². The molecule has 0 aromatic carbocycles. The van der Waals surface area contributed by atoms with Crippen LogP contribution in [0.3, 0.4) is 0 Å². The van der Waals surface area contributed by atoms with Gasteiger partial charge in [0, 0.05) is 26.2 Å². The maximum atomic E-state index is 12.3. The highest BCUT2D eigenvalue weighted by atomic mass is 32.2. The van der Waals surface area contributed by atoms with Crippen LogP contribution in [0.4, 0.5) is 0 Å². The fraction of sp³-hybridized carbons (Fsp3) is 1.00. The minimum Gasteiger partial charge on any atom is -0.384 e. The molecule has 1 aliphatic rings. The number of likely N-dealkylation sites (N-methyl/N-ethyl adjacent to an activating group) is 1. The lowest BCUT2D eigenvalue weighted by molar-refractivity contribution is 0.127. The summed E-state index contributed by atoms with van der Waals surface area (Å²) in [5.41, 5.74) is 5.52. The molecule has 114 valence electrons. The normalized spacial score (nSPS) is 28.8. The van der Waals surface area contributed by atoms with Gasteiger partial charge in [-0.1, -0.05) is 13.3 Å². The van der Waals surface area contributed by atoms with E-state index in [0.717, 1.165) is 31.6 Å². The Labute approximate surface area is 117 Å². The monoisotopic (exact) mass is 292 g/mol. The molecule has 0 saturated heterocycles. The van der Waals surface area contributed by atoms with E-state index in [1.807, 2.05) is 0 Å². The first kappa shape index (κ1) is 16.9. The zero-order chi connectivity index (χ0) is 14.5. The summed E-state index contributed by atoms with van der Waals surface area (Å²) in [6, 6.07) is 0. The molecule has 0 heterocycles. The predicted octanol–water partition coefficient (Wildman–Crippen LogP) is 1.19. The largest absolute Gasteiger partial charge is 0.384 e.